The van der Waals surface area contributed by atoms with Crippen LogP contribution in [0.15, 0.2) is 24.3 Å². The monoisotopic (exact) mass is 272 g/mol. The standard InChI is InChI=1S/C14H19F3N2/c1-19-8-6-11(7-9-19)10-18-13-4-2-12(3-5-13)14(15,16)17/h2-5,11,18H,6-10H2,1H3. The van der Waals surface area contributed by atoms with Crippen LogP contribution >= 0.6 is 0 Å². The summed E-state index contributed by atoms with van der Waals surface area (Å²) in [6, 6.07) is 5.24. The number of nitrogens with zero attached hydrogens (tertiary/aromatic N) is 1. The van der Waals surface area contributed by atoms with Crippen LogP contribution in [0.5, 0.6) is 0 Å². The van der Waals surface area contributed by atoms with Crippen LogP contribution in [0.2, 0.25) is 0 Å². The molecule has 1 aromatic carbocycles. The average Bonchev–Trinajstić information content (AvgIpc) is 2.37. The van der Waals surface area contributed by atoms with Crippen LogP contribution in [-0.2, 0) is 6.18 Å². The van der Waals surface area contributed by atoms with E-state index in [0.717, 1.165) is 50.3 Å². The van der Waals surface area contributed by atoms with Crippen LogP contribution in [-0.4, -0.2) is 31.6 Å². The summed E-state index contributed by atoms with van der Waals surface area (Å²) in [6.45, 7) is 3.03. The molecule has 0 saturated carbocycles. The Labute approximate surface area is 111 Å². The Kier molecular flexibility index (Phi) is 4.34. The minimum atomic E-state index is -4.26. The number of likely N-dealkylation sites (tertiary alicyclic amines) is 1. The van der Waals surface area contributed by atoms with E-state index in [2.05, 4.69) is 17.3 Å². The van der Waals surface area contributed by atoms with E-state index in [9.17, 15) is 13.2 Å². The van der Waals surface area contributed by atoms with E-state index in [4.69, 9.17) is 0 Å². The van der Waals surface area contributed by atoms with Gasteiger partial charge in [0.15, 0.2) is 0 Å². The van der Waals surface area contributed by atoms with Crippen molar-refractivity contribution in [3.63, 3.8) is 0 Å². The zero-order valence-corrected chi connectivity index (χ0v) is 11.0. The second kappa shape index (κ2) is 5.82. The number of rotatable bonds is 3. The largest absolute Gasteiger partial charge is 0.416 e. The molecule has 0 unspecified atom stereocenters. The summed E-state index contributed by atoms with van der Waals surface area (Å²) in [5.41, 5.74) is 0.157. The maximum absolute atomic E-state index is 12.4. The molecule has 0 radical (unpaired) electrons. The lowest BCUT2D eigenvalue weighted by molar-refractivity contribution is -0.137. The summed E-state index contributed by atoms with van der Waals surface area (Å²) in [4.78, 5) is 2.30. The van der Waals surface area contributed by atoms with E-state index < -0.39 is 11.7 Å². The number of halogens is 3. The van der Waals surface area contributed by atoms with E-state index in [-0.39, 0.29) is 0 Å². The molecule has 0 aromatic heterocycles. The topological polar surface area (TPSA) is 15.3 Å². The molecule has 1 fully saturated rings. The SMILES string of the molecule is CN1CCC(CNc2ccc(C(F)(F)F)cc2)CC1. The van der Waals surface area contributed by atoms with Gasteiger partial charge in [0.25, 0.3) is 0 Å². The maximum Gasteiger partial charge on any atom is 0.416 e. The Morgan fingerprint density at radius 3 is 2.26 bits per heavy atom. The molecule has 1 N–H and O–H groups in total. The highest BCUT2D eigenvalue weighted by atomic mass is 19.4. The van der Waals surface area contributed by atoms with Gasteiger partial charge in [-0.3, -0.25) is 0 Å². The van der Waals surface area contributed by atoms with Crippen molar-refractivity contribution < 1.29 is 13.2 Å². The molecule has 0 spiro atoms. The van der Waals surface area contributed by atoms with Crippen LogP contribution in [0, 0.1) is 5.92 Å². The van der Waals surface area contributed by atoms with Crippen molar-refractivity contribution in [2.45, 2.75) is 19.0 Å². The summed E-state index contributed by atoms with van der Waals surface area (Å²) >= 11 is 0. The first-order valence-electron chi connectivity index (χ1n) is 6.55. The quantitative estimate of drug-likeness (QED) is 0.906. The van der Waals surface area contributed by atoms with Gasteiger partial charge in [-0.25, -0.2) is 0 Å². The van der Waals surface area contributed by atoms with Gasteiger partial charge in [-0.15, -0.1) is 0 Å². The molecule has 2 rings (SSSR count). The molecule has 1 aromatic rings. The number of piperidine rings is 1. The molecule has 1 heterocycles. The Bertz CT molecular complexity index is 392. The van der Waals surface area contributed by atoms with Crippen molar-refractivity contribution in [1.29, 1.82) is 0 Å². The molecular weight excluding hydrogens is 253 g/mol. The van der Waals surface area contributed by atoms with Gasteiger partial charge in [0.05, 0.1) is 5.56 Å². The minimum Gasteiger partial charge on any atom is -0.385 e. The minimum absolute atomic E-state index is 0.600. The third-order valence-corrected chi connectivity index (χ3v) is 3.65. The van der Waals surface area contributed by atoms with Crippen molar-refractivity contribution in [3.8, 4) is 0 Å². The second-order valence-electron chi connectivity index (χ2n) is 5.20. The predicted molar refractivity (Wildman–Crippen MR) is 70.2 cm³/mol. The molecule has 0 aliphatic carbocycles. The third kappa shape index (κ3) is 4.13. The Balaban J connectivity index is 1.83. The molecular formula is C14H19F3N2. The van der Waals surface area contributed by atoms with Crippen molar-refractivity contribution in [2.75, 3.05) is 32.0 Å². The van der Waals surface area contributed by atoms with Gasteiger partial charge >= 0.3 is 6.18 Å². The van der Waals surface area contributed by atoms with Crippen molar-refractivity contribution in [1.82, 2.24) is 4.90 Å². The molecule has 1 saturated heterocycles. The molecule has 106 valence electrons. The van der Waals surface area contributed by atoms with Gasteiger partial charge in [0.2, 0.25) is 0 Å². The molecule has 1 aliphatic heterocycles. The lowest BCUT2D eigenvalue weighted by atomic mass is 9.97. The van der Waals surface area contributed by atoms with Crippen LogP contribution < -0.4 is 5.32 Å². The van der Waals surface area contributed by atoms with Crippen molar-refractivity contribution in [3.05, 3.63) is 29.8 Å². The molecule has 0 atom stereocenters. The lowest BCUT2D eigenvalue weighted by Crippen LogP contribution is -2.32. The zero-order valence-electron chi connectivity index (χ0n) is 11.0. The Hall–Kier alpha value is -1.23. The van der Waals surface area contributed by atoms with Crippen LogP contribution in [0.25, 0.3) is 0 Å². The number of anilines is 1. The number of hydrogen-bond donors (Lipinski definition) is 1. The summed E-state index contributed by atoms with van der Waals surface area (Å²) in [5, 5.41) is 3.22. The van der Waals surface area contributed by atoms with Crippen LogP contribution in [0.4, 0.5) is 18.9 Å². The highest BCUT2D eigenvalue weighted by molar-refractivity contribution is 5.45. The Morgan fingerprint density at radius 2 is 1.74 bits per heavy atom. The fourth-order valence-corrected chi connectivity index (χ4v) is 2.31. The summed E-state index contributed by atoms with van der Waals surface area (Å²) in [7, 11) is 2.11. The van der Waals surface area contributed by atoms with Gasteiger partial charge in [-0.1, -0.05) is 0 Å². The molecule has 2 nitrogen and oxygen atoms in total. The van der Waals surface area contributed by atoms with Gasteiger partial charge in [0.1, 0.15) is 0 Å². The molecule has 5 heteroatoms. The van der Waals surface area contributed by atoms with E-state index in [1.807, 2.05) is 0 Å². The molecule has 19 heavy (non-hydrogen) atoms. The molecule has 1 aliphatic rings. The Morgan fingerprint density at radius 1 is 1.16 bits per heavy atom. The summed E-state index contributed by atoms with van der Waals surface area (Å²) < 4.78 is 37.2. The molecule has 0 bridgehead atoms. The lowest BCUT2D eigenvalue weighted by Gasteiger charge is -2.29. The summed E-state index contributed by atoms with van der Waals surface area (Å²) in [6.07, 6.45) is -1.97. The van der Waals surface area contributed by atoms with Crippen molar-refractivity contribution in [2.24, 2.45) is 5.92 Å². The van der Waals surface area contributed by atoms with E-state index >= 15 is 0 Å². The second-order valence-corrected chi connectivity index (χ2v) is 5.20. The smallest absolute Gasteiger partial charge is 0.385 e. The average molecular weight is 272 g/mol. The first-order valence-corrected chi connectivity index (χ1v) is 6.55. The van der Waals surface area contributed by atoms with Crippen LogP contribution in [0.1, 0.15) is 18.4 Å². The number of benzene rings is 1. The first-order chi connectivity index (χ1) is 8.95. The number of hydrogen-bond acceptors (Lipinski definition) is 2. The van der Waals surface area contributed by atoms with Gasteiger partial charge in [-0.2, -0.15) is 13.2 Å². The van der Waals surface area contributed by atoms with Gasteiger partial charge < -0.3 is 10.2 Å². The van der Waals surface area contributed by atoms with Crippen molar-refractivity contribution >= 4 is 5.69 Å². The van der Waals surface area contributed by atoms with Gasteiger partial charge in [-0.05, 0) is 63.2 Å². The first kappa shape index (κ1) is 14.2. The van der Waals surface area contributed by atoms with E-state index in [1.165, 1.54) is 12.1 Å². The zero-order chi connectivity index (χ0) is 13.9. The fraction of sp³-hybridized carbons (Fsp3) is 0.571. The van der Waals surface area contributed by atoms with E-state index in [0.29, 0.717) is 5.92 Å². The fourth-order valence-electron chi connectivity index (χ4n) is 2.31. The number of nitrogens with one attached hydrogen (secondary N) is 1. The molecule has 0 amide bonds. The third-order valence-electron chi connectivity index (χ3n) is 3.65. The van der Waals surface area contributed by atoms with Crippen LogP contribution in [0.3, 0.4) is 0 Å². The highest BCUT2D eigenvalue weighted by Gasteiger charge is 2.29. The summed E-state index contributed by atoms with van der Waals surface area (Å²) in [5.74, 6) is 0.610. The van der Waals surface area contributed by atoms with E-state index in [1.54, 1.807) is 0 Å². The maximum atomic E-state index is 12.4. The normalized spacial score (nSPS) is 18.5. The van der Waals surface area contributed by atoms with Gasteiger partial charge in [0, 0.05) is 12.2 Å². The predicted octanol–water partition coefficient (Wildman–Crippen LogP) is 3.46. The highest BCUT2D eigenvalue weighted by Crippen LogP contribution is 2.29. The number of alkyl halides is 3.